The number of hydrogen-bond acceptors (Lipinski definition) is 4. The Bertz CT molecular complexity index is 816. The van der Waals surface area contributed by atoms with E-state index in [2.05, 4.69) is 20.3 Å². The number of aromatic nitrogens is 3. The van der Waals surface area contributed by atoms with Gasteiger partial charge in [-0.05, 0) is 29.8 Å². The zero-order valence-corrected chi connectivity index (χ0v) is 11.8. The van der Waals surface area contributed by atoms with Crippen LogP contribution in [0, 0.1) is 0 Å². The van der Waals surface area contributed by atoms with Crippen LogP contribution in [-0.4, -0.2) is 20.9 Å². The van der Waals surface area contributed by atoms with Gasteiger partial charge in [-0.1, -0.05) is 6.07 Å². The summed E-state index contributed by atoms with van der Waals surface area (Å²) < 4.78 is 5.75. The van der Waals surface area contributed by atoms with Crippen molar-refractivity contribution in [1.82, 2.24) is 15.0 Å². The van der Waals surface area contributed by atoms with Gasteiger partial charge in [-0.3, -0.25) is 4.79 Å². The summed E-state index contributed by atoms with van der Waals surface area (Å²) in [7, 11) is 0. The Morgan fingerprint density at radius 3 is 3.00 bits per heavy atom. The number of rotatable bonds is 3. The quantitative estimate of drug-likeness (QED) is 0.727. The first-order valence-electron chi connectivity index (χ1n) is 6.18. The van der Waals surface area contributed by atoms with Crippen LogP contribution < -0.4 is 10.1 Å². The third-order valence-corrected chi connectivity index (χ3v) is 2.89. The number of nitrogens with zero attached hydrogens (tertiary/aromatic N) is 2. The molecule has 21 heavy (non-hydrogen) atoms. The molecule has 106 valence electrons. The predicted molar refractivity (Wildman–Crippen MR) is 79.7 cm³/mol. The molecular weight excluding hydrogens is 292 g/mol. The second kappa shape index (κ2) is 5.41. The Hall–Kier alpha value is -2.60. The number of H-pyrrole nitrogens is 1. The van der Waals surface area contributed by atoms with Crippen molar-refractivity contribution in [3.63, 3.8) is 0 Å². The van der Waals surface area contributed by atoms with Crippen LogP contribution in [0.2, 0.25) is 5.28 Å². The highest BCUT2D eigenvalue weighted by Crippen LogP contribution is 2.29. The van der Waals surface area contributed by atoms with Gasteiger partial charge in [-0.2, -0.15) is 9.97 Å². The van der Waals surface area contributed by atoms with Crippen LogP contribution in [0.3, 0.4) is 0 Å². The van der Waals surface area contributed by atoms with Gasteiger partial charge >= 0.3 is 0 Å². The lowest BCUT2D eigenvalue weighted by molar-refractivity contribution is -0.114. The van der Waals surface area contributed by atoms with Crippen molar-refractivity contribution < 1.29 is 9.53 Å². The maximum absolute atomic E-state index is 11.1. The molecule has 1 amide bonds. The number of carbonyl (C=O) groups is 1. The molecule has 3 rings (SSSR count). The molecule has 0 unspecified atom stereocenters. The lowest BCUT2D eigenvalue weighted by Crippen LogP contribution is -2.05. The van der Waals surface area contributed by atoms with E-state index in [-0.39, 0.29) is 11.2 Å². The van der Waals surface area contributed by atoms with E-state index in [1.165, 1.54) is 6.92 Å². The van der Waals surface area contributed by atoms with E-state index in [1.807, 2.05) is 0 Å². The molecule has 0 aliphatic heterocycles. The SMILES string of the molecule is CC(=O)Nc1cccc(Oc2nc(Cl)nc3[nH]ccc23)c1. The number of ether oxygens (including phenoxy) is 1. The number of fused-ring (bicyclic) bond motifs is 1. The molecule has 0 fully saturated rings. The Morgan fingerprint density at radius 2 is 2.19 bits per heavy atom. The van der Waals surface area contributed by atoms with Crippen LogP contribution in [0.5, 0.6) is 11.6 Å². The molecule has 2 N–H and O–H groups in total. The monoisotopic (exact) mass is 302 g/mol. The van der Waals surface area contributed by atoms with Crippen molar-refractivity contribution in [2.24, 2.45) is 0 Å². The number of nitrogens with one attached hydrogen (secondary N) is 2. The van der Waals surface area contributed by atoms with E-state index in [9.17, 15) is 4.79 Å². The normalized spacial score (nSPS) is 10.6. The number of halogens is 1. The highest BCUT2D eigenvalue weighted by molar-refractivity contribution is 6.28. The van der Waals surface area contributed by atoms with Gasteiger partial charge in [0.05, 0.1) is 5.39 Å². The largest absolute Gasteiger partial charge is 0.438 e. The molecule has 6 nitrogen and oxygen atoms in total. The first-order valence-corrected chi connectivity index (χ1v) is 6.56. The number of hydrogen-bond donors (Lipinski definition) is 2. The van der Waals surface area contributed by atoms with E-state index in [0.29, 0.717) is 23.0 Å². The lowest BCUT2D eigenvalue weighted by atomic mass is 10.3. The zero-order valence-electron chi connectivity index (χ0n) is 11.1. The van der Waals surface area contributed by atoms with Crippen LogP contribution in [0.4, 0.5) is 5.69 Å². The molecule has 0 saturated carbocycles. The molecule has 0 aliphatic rings. The second-order valence-corrected chi connectivity index (χ2v) is 4.69. The van der Waals surface area contributed by atoms with E-state index in [1.54, 1.807) is 36.5 Å². The third-order valence-electron chi connectivity index (χ3n) is 2.72. The smallest absolute Gasteiger partial charge is 0.233 e. The molecule has 0 bridgehead atoms. The lowest BCUT2D eigenvalue weighted by Gasteiger charge is -2.08. The topological polar surface area (TPSA) is 79.9 Å². The van der Waals surface area contributed by atoms with Gasteiger partial charge in [0.25, 0.3) is 0 Å². The zero-order chi connectivity index (χ0) is 14.8. The van der Waals surface area contributed by atoms with Crippen LogP contribution in [0.1, 0.15) is 6.92 Å². The van der Waals surface area contributed by atoms with Crippen molar-refractivity contribution >= 4 is 34.2 Å². The minimum Gasteiger partial charge on any atom is -0.438 e. The number of amides is 1. The number of carbonyl (C=O) groups excluding carboxylic acids is 1. The van der Waals surface area contributed by atoms with Crippen LogP contribution in [0.25, 0.3) is 11.0 Å². The Balaban J connectivity index is 1.95. The van der Waals surface area contributed by atoms with E-state index < -0.39 is 0 Å². The fraction of sp³-hybridized carbons (Fsp3) is 0.0714. The molecule has 0 aliphatic carbocycles. The van der Waals surface area contributed by atoms with Crippen molar-refractivity contribution in [1.29, 1.82) is 0 Å². The van der Waals surface area contributed by atoms with E-state index in [0.717, 1.165) is 5.39 Å². The summed E-state index contributed by atoms with van der Waals surface area (Å²) in [5.41, 5.74) is 1.24. The Labute approximate surface area is 125 Å². The molecule has 2 heterocycles. The maximum Gasteiger partial charge on any atom is 0.233 e. The van der Waals surface area contributed by atoms with Gasteiger partial charge < -0.3 is 15.0 Å². The van der Waals surface area contributed by atoms with E-state index >= 15 is 0 Å². The Kier molecular flexibility index (Phi) is 3.45. The first kappa shape index (κ1) is 13.4. The second-order valence-electron chi connectivity index (χ2n) is 4.35. The fourth-order valence-corrected chi connectivity index (χ4v) is 2.08. The molecule has 1 aromatic carbocycles. The highest BCUT2D eigenvalue weighted by Gasteiger charge is 2.10. The van der Waals surface area contributed by atoms with Crippen LogP contribution in [0.15, 0.2) is 36.5 Å². The average Bonchev–Trinajstić information content (AvgIpc) is 2.86. The minimum absolute atomic E-state index is 0.0953. The van der Waals surface area contributed by atoms with Gasteiger partial charge in [0.2, 0.25) is 17.1 Å². The summed E-state index contributed by atoms with van der Waals surface area (Å²) in [6.07, 6.45) is 1.73. The fourth-order valence-electron chi connectivity index (χ4n) is 1.92. The highest BCUT2D eigenvalue weighted by atomic mass is 35.5. The van der Waals surface area contributed by atoms with Crippen LogP contribution >= 0.6 is 11.6 Å². The summed E-state index contributed by atoms with van der Waals surface area (Å²) in [6, 6.07) is 8.82. The van der Waals surface area contributed by atoms with Gasteiger partial charge in [0, 0.05) is 24.9 Å². The van der Waals surface area contributed by atoms with Crippen molar-refractivity contribution in [3.05, 3.63) is 41.8 Å². The number of aromatic amines is 1. The van der Waals surface area contributed by atoms with Gasteiger partial charge in [-0.25, -0.2) is 0 Å². The standard InChI is InChI=1S/C14H11ClN4O2/c1-8(20)17-9-3-2-4-10(7-9)21-13-11-5-6-16-12(11)18-14(15)19-13/h2-7H,1H3,(H,17,20)(H,16,18,19). The first-order chi connectivity index (χ1) is 10.1. The summed E-state index contributed by atoms with van der Waals surface area (Å²) in [5.74, 6) is 0.745. The summed E-state index contributed by atoms with van der Waals surface area (Å²) in [5, 5.41) is 3.51. The summed E-state index contributed by atoms with van der Waals surface area (Å²) >= 11 is 5.87. The molecule has 0 saturated heterocycles. The molecule has 0 atom stereocenters. The molecule has 3 aromatic rings. The van der Waals surface area contributed by atoms with Crippen molar-refractivity contribution in [2.45, 2.75) is 6.92 Å². The molecular formula is C14H11ClN4O2. The van der Waals surface area contributed by atoms with Gasteiger partial charge in [-0.15, -0.1) is 0 Å². The van der Waals surface area contributed by atoms with Crippen LogP contribution in [-0.2, 0) is 4.79 Å². The van der Waals surface area contributed by atoms with Gasteiger partial charge in [0.1, 0.15) is 11.4 Å². The molecule has 0 spiro atoms. The average molecular weight is 303 g/mol. The minimum atomic E-state index is -0.148. The van der Waals surface area contributed by atoms with Crippen molar-refractivity contribution in [3.8, 4) is 11.6 Å². The predicted octanol–water partition coefficient (Wildman–Crippen LogP) is 3.36. The number of anilines is 1. The summed E-state index contributed by atoms with van der Waals surface area (Å²) in [4.78, 5) is 22.2. The maximum atomic E-state index is 11.1. The number of benzene rings is 1. The molecule has 0 radical (unpaired) electrons. The van der Waals surface area contributed by atoms with Crippen molar-refractivity contribution in [2.75, 3.05) is 5.32 Å². The van der Waals surface area contributed by atoms with E-state index in [4.69, 9.17) is 16.3 Å². The summed E-state index contributed by atoms with van der Waals surface area (Å²) in [6.45, 7) is 1.45. The molecule has 7 heteroatoms. The Morgan fingerprint density at radius 1 is 1.33 bits per heavy atom. The van der Waals surface area contributed by atoms with Gasteiger partial charge in [0.15, 0.2) is 0 Å². The molecule has 2 aromatic heterocycles. The third kappa shape index (κ3) is 2.95.